The maximum atomic E-state index is 12.5. The highest BCUT2D eigenvalue weighted by Crippen LogP contribution is 2.49. The molecule has 1 saturated carbocycles. The largest absolute Gasteiger partial charge is 0.481 e. The first-order valence-electron chi connectivity index (χ1n) is 7.33. The Labute approximate surface area is 132 Å². The summed E-state index contributed by atoms with van der Waals surface area (Å²) >= 11 is 3.45. The van der Waals surface area contributed by atoms with E-state index in [-0.39, 0.29) is 11.8 Å². The Bertz CT molecular complexity index is 574. The predicted octanol–water partition coefficient (Wildman–Crippen LogP) is 2.88. The minimum absolute atomic E-state index is 0.0341. The molecule has 1 heterocycles. The molecular formula is C16H18BrNO3. The van der Waals surface area contributed by atoms with E-state index in [0.29, 0.717) is 25.4 Å². The molecule has 1 amide bonds. The highest BCUT2D eigenvalue weighted by atomic mass is 79.9. The van der Waals surface area contributed by atoms with Gasteiger partial charge in [-0.2, -0.15) is 0 Å². The minimum atomic E-state index is -0.785. The van der Waals surface area contributed by atoms with Crippen LogP contribution in [0.15, 0.2) is 28.7 Å². The van der Waals surface area contributed by atoms with Gasteiger partial charge < -0.3 is 10.0 Å². The number of benzene rings is 1. The number of hydrogen-bond donors (Lipinski definition) is 1. The summed E-state index contributed by atoms with van der Waals surface area (Å²) in [6.07, 6.45) is 2.35. The second kappa shape index (κ2) is 5.79. The van der Waals surface area contributed by atoms with Gasteiger partial charge in [-0.1, -0.05) is 28.1 Å². The molecule has 2 aliphatic rings. The highest BCUT2D eigenvalue weighted by Gasteiger charge is 2.46. The van der Waals surface area contributed by atoms with Crippen LogP contribution in [0.1, 0.15) is 30.7 Å². The summed E-state index contributed by atoms with van der Waals surface area (Å²) in [7, 11) is 0. The average Bonchev–Trinajstić information content (AvgIpc) is 3.27. The molecule has 5 heteroatoms. The van der Waals surface area contributed by atoms with E-state index in [4.69, 9.17) is 5.11 Å². The lowest BCUT2D eigenvalue weighted by molar-refractivity contribution is -0.146. The van der Waals surface area contributed by atoms with E-state index in [0.717, 1.165) is 17.3 Å². The average molecular weight is 352 g/mol. The Morgan fingerprint density at radius 1 is 1.33 bits per heavy atom. The van der Waals surface area contributed by atoms with Crippen LogP contribution in [0.5, 0.6) is 0 Å². The van der Waals surface area contributed by atoms with Crippen molar-refractivity contribution in [1.29, 1.82) is 0 Å². The number of carbonyl (C=O) groups is 2. The number of likely N-dealkylation sites (tertiary alicyclic amines) is 1. The van der Waals surface area contributed by atoms with Gasteiger partial charge in [-0.05, 0) is 42.9 Å². The summed E-state index contributed by atoms with van der Waals surface area (Å²) in [4.78, 5) is 25.4. The van der Waals surface area contributed by atoms with Gasteiger partial charge in [0.05, 0.1) is 5.92 Å². The number of carboxylic acids is 1. The van der Waals surface area contributed by atoms with Gasteiger partial charge in [0.25, 0.3) is 0 Å². The van der Waals surface area contributed by atoms with Crippen molar-refractivity contribution in [3.05, 3.63) is 34.3 Å². The van der Waals surface area contributed by atoms with Crippen LogP contribution in [-0.4, -0.2) is 35.0 Å². The molecule has 4 nitrogen and oxygen atoms in total. The van der Waals surface area contributed by atoms with E-state index >= 15 is 0 Å². The van der Waals surface area contributed by atoms with Crippen molar-refractivity contribution in [2.45, 2.75) is 25.2 Å². The highest BCUT2D eigenvalue weighted by molar-refractivity contribution is 9.10. The van der Waals surface area contributed by atoms with Gasteiger partial charge in [-0.15, -0.1) is 0 Å². The molecular weight excluding hydrogens is 334 g/mol. The van der Waals surface area contributed by atoms with Crippen molar-refractivity contribution in [3.8, 4) is 0 Å². The van der Waals surface area contributed by atoms with Crippen molar-refractivity contribution in [2.75, 3.05) is 13.1 Å². The molecule has 1 aromatic carbocycles. The first kappa shape index (κ1) is 14.6. The molecule has 3 atom stereocenters. The van der Waals surface area contributed by atoms with Gasteiger partial charge in [0.15, 0.2) is 0 Å². The second-order valence-electron chi connectivity index (χ2n) is 5.97. The third-order valence-electron chi connectivity index (χ3n) is 4.47. The van der Waals surface area contributed by atoms with Crippen molar-refractivity contribution < 1.29 is 14.7 Å². The predicted molar refractivity (Wildman–Crippen MR) is 81.9 cm³/mol. The van der Waals surface area contributed by atoms with Crippen LogP contribution in [0.25, 0.3) is 0 Å². The molecule has 1 aliphatic heterocycles. The number of aliphatic carboxylic acids is 1. The van der Waals surface area contributed by atoms with E-state index in [2.05, 4.69) is 28.1 Å². The first-order chi connectivity index (χ1) is 10.1. The molecule has 21 heavy (non-hydrogen) atoms. The number of rotatable bonds is 3. The smallest absolute Gasteiger partial charge is 0.308 e. The van der Waals surface area contributed by atoms with E-state index < -0.39 is 11.9 Å². The lowest BCUT2D eigenvalue weighted by Crippen LogP contribution is -2.43. The normalized spacial score (nSPS) is 28.2. The maximum Gasteiger partial charge on any atom is 0.308 e. The molecule has 0 unspecified atom stereocenters. The molecule has 0 spiro atoms. The van der Waals surface area contributed by atoms with Crippen LogP contribution < -0.4 is 0 Å². The molecule has 3 rings (SSSR count). The lowest BCUT2D eigenvalue weighted by Gasteiger charge is -2.31. The molecule has 0 aromatic heterocycles. The van der Waals surface area contributed by atoms with Gasteiger partial charge >= 0.3 is 5.97 Å². The van der Waals surface area contributed by atoms with Crippen molar-refractivity contribution in [3.63, 3.8) is 0 Å². The molecule has 0 radical (unpaired) electrons. The Morgan fingerprint density at radius 3 is 2.86 bits per heavy atom. The van der Waals surface area contributed by atoms with Crippen molar-refractivity contribution >= 4 is 27.8 Å². The van der Waals surface area contributed by atoms with Crippen LogP contribution in [0.4, 0.5) is 0 Å². The fourth-order valence-corrected chi connectivity index (χ4v) is 3.60. The molecule has 1 aliphatic carbocycles. The number of piperidine rings is 1. The number of carbonyl (C=O) groups excluding carboxylic acids is 1. The number of nitrogens with zero attached hydrogens (tertiary/aromatic N) is 1. The Morgan fingerprint density at radius 2 is 2.14 bits per heavy atom. The van der Waals surface area contributed by atoms with Crippen LogP contribution in [-0.2, 0) is 9.59 Å². The summed E-state index contributed by atoms with van der Waals surface area (Å²) in [5.74, 6) is -0.726. The third-order valence-corrected chi connectivity index (χ3v) is 4.96. The lowest BCUT2D eigenvalue weighted by atomic mass is 9.97. The number of amides is 1. The topological polar surface area (TPSA) is 57.6 Å². The van der Waals surface area contributed by atoms with Crippen molar-refractivity contribution in [2.24, 2.45) is 11.8 Å². The summed E-state index contributed by atoms with van der Waals surface area (Å²) in [6.45, 7) is 1.07. The van der Waals surface area contributed by atoms with E-state index in [1.807, 2.05) is 12.1 Å². The van der Waals surface area contributed by atoms with Gasteiger partial charge in [-0.25, -0.2) is 0 Å². The maximum absolute atomic E-state index is 12.5. The Hall–Kier alpha value is -1.36. The van der Waals surface area contributed by atoms with E-state index in [9.17, 15) is 9.59 Å². The quantitative estimate of drug-likeness (QED) is 0.910. The molecule has 112 valence electrons. The van der Waals surface area contributed by atoms with Crippen molar-refractivity contribution in [1.82, 2.24) is 4.90 Å². The Balaban J connectivity index is 1.63. The fraction of sp³-hybridized carbons (Fsp3) is 0.500. The second-order valence-corrected chi connectivity index (χ2v) is 6.88. The molecule has 1 aromatic rings. The summed E-state index contributed by atoms with van der Waals surface area (Å²) in [6, 6.07) is 8.08. The monoisotopic (exact) mass is 351 g/mol. The number of halogens is 1. The fourth-order valence-electron chi connectivity index (χ4n) is 3.19. The SMILES string of the molecule is O=C(O)[C@@H]1CCCN(C(=O)[C@H]2C[C@H]2c2cccc(Br)c2)C1. The summed E-state index contributed by atoms with van der Waals surface area (Å²) in [5.41, 5.74) is 1.19. The molecule has 1 N–H and O–H groups in total. The minimum Gasteiger partial charge on any atom is -0.481 e. The molecule has 1 saturated heterocycles. The van der Waals surface area contributed by atoms with Crippen LogP contribution in [0.3, 0.4) is 0 Å². The van der Waals surface area contributed by atoms with Gasteiger partial charge in [0, 0.05) is 23.5 Å². The number of carboxylic acid groups (broad SMARTS) is 1. The van der Waals surface area contributed by atoms with Crippen LogP contribution >= 0.6 is 15.9 Å². The Kier molecular flexibility index (Phi) is 4.02. The molecule has 2 fully saturated rings. The van der Waals surface area contributed by atoms with Crippen LogP contribution in [0.2, 0.25) is 0 Å². The van der Waals surface area contributed by atoms with Gasteiger partial charge in [0.2, 0.25) is 5.91 Å². The number of hydrogen-bond acceptors (Lipinski definition) is 2. The zero-order valence-electron chi connectivity index (χ0n) is 11.7. The van der Waals surface area contributed by atoms with E-state index in [1.165, 1.54) is 5.56 Å². The summed E-state index contributed by atoms with van der Waals surface area (Å²) < 4.78 is 1.03. The van der Waals surface area contributed by atoms with Crippen LogP contribution in [0, 0.1) is 11.8 Å². The standard InChI is InChI=1S/C16H18BrNO3/c17-12-5-1-3-10(7-12)13-8-14(13)15(19)18-6-2-4-11(9-18)16(20)21/h1,3,5,7,11,13-14H,2,4,6,8-9H2,(H,20,21)/t11-,13+,14+/m1/s1. The third kappa shape index (κ3) is 3.12. The van der Waals surface area contributed by atoms with Gasteiger partial charge in [0.1, 0.15) is 0 Å². The molecule has 0 bridgehead atoms. The summed E-state index contributed by atoms with van der Waals surface area (Å²) in [5, 5.41) is 9.11. The van der Waals surface area contributed by atoms with E-state index in [1.54, 1.807) is 4.90 Å². The zero-order chi connectivity index (χ0) is 15.0. The zero-order valence-corrected chi connectivity index (χ0v) is 13.3. The van der Waals surface area contributed by atoms with Gasteiger partial charge in [-0.3, -0.25) is 9.59 Å². The first-order valence-corrected chi connectivity index (χ1v) is 8.12.